The zero-order chi connectivity index (χ0) is 19.3. The highest BCUT2D eigenvalue weighted by atomic mass is 16.1. The largest absolute Gasteiger partial charge is 0.369 e. The average molecular weight is 376 g/mol. The van der Waals surface area contributed by atoms with Crippen molar-refractivity contribution in [2.75, 3.05) is 23.3 Å². The van der Waals surface area contributed by atoms with Gasteiger partial charge in [0.05, 0.1) is 36.2 Å². The molecule has 0 radical (unpaired) electrons. The summed E-state index contributed by atoms with van der Waals surface area (Å²) in [5.74, 6) is 0.317. The highest BCUT2D eigenvalue weighted by Gasteiger charge is 2.13. The fourth-order valence-corrected chi connectivity index (χ4v) is 3.34. The van der Waals surface area contributed by atoms with Gasteiger partial charge in [-0.15, -0.1) is 0 Å². The van der Waals surface area contributed by atoms with Gasteiger partial charge in [0, 0.05) is 18.7 Å². The molecule has 1 saturated heterocycles. The lowest BCUT2D eigenvalue weighted by Gasteiger charge is -2.28. The number of anilines is 2. The molecule has 3 aromatic rings. The number of benzene rings is 1. The van der Waals surface area contributed by atoms with E-state index in [4.69, 9.17) is 0 Å². The molecule has 0 atom stereocenters. The number of rotatable bonds is 5. The minimum absolute atomic E-state index is 0.163. The van der Waals surface area contributed by atoms with Gasteiger partial charge in [0.25, 0.3) is 11.9 Å². The fraction of sp³-hybridized carbons (Fsp3) is 0.333. The number of aryl methyl sites for hydroxylation is 1. The molecule has 0 bridgehead atoms. The standard InChI is InChI=1S/C21H24N6O/c1-2-16-6-8-17(9-7-16)20(28)25-18-12-24-27(15-18)21-22-13-19(14-23-21)26-10-4-3-5-11-26/h6-9,12-15H,2-5,10-11H2,1H3,(H,25,28). The highest BCUT2D eigenvalue weighted by molar-refractivity contribution is 6.04. The van der Waals surface area contributed by atoms with Crippen LogP contribution in [0.15, 0.2) is 49.1 Å². The first-order valence-corrected chi connectivity index (χ1v) is 9.75. The van der Waals surface area contributed by atoms with E-state index in [0.29, 0.717) is 17.2 Å². The Bertz CT molecular complexity index is 926. The molecule has 0 unspecified atom stereocenters. The van der Waals surface area contributed by atoms with E-state index in [0.717, 1.165) is 25.2 Å². The molecule has 28 heavy (non-hydrogen) atoms. The van der Waals surface area contributed by atoms with Gasteiger partial charge in [-0.25, -0.2) is 14.6 Å². The van der Waals surface area contributed by atoms with Crippen LogP contribution in [0.3, 0.4) is 0 Å². The van der Waals surface area contributed by atoms with Crippen molar-refractivity contribution in [1.82, 2.24) is 19.7 Å². The molecule has 1 aromatic carbocycles. The van der Waals surface area contributed by atoms with Gasteiger partial charge >= 0.3 is 0 Å². The van der Waals surface area contributed by atoms with E-state index in [1.807, 2.05) is 36.7 Å². The zero-order valence-electron chi connectivity index (χ0n) is 16.0. The number of piperidine rings is 1. The first-order chi connectivity index (χ1) is 13.7. The second kappa shape index (κ2) is 8.21. The Labute approximate surface area is 164 Å². The Kier molecular flexibility index (Phi) is 5.32. The summed E-state index contributed by atoms with van der Waals surface area (Å²) in [6.45, 7) is 4.20. The molecule has 3 heterocycles. The molecule has 7 nitrogen and oxygen atoms in total. The quantitative estimate of drug-likeness (QED) is 0.738. The summed E-state index contributed by atoms with van der Waals surface area (Å²) in [7, 11) is 0. The highest BCUT2D eigenvalue weighted by Crippen LogP contribution is 2.18. The Balaban J connectivity index is 1.42. The van der Waals surface area contributed by atoms with Crippen molar-refractivity contribution in [2.24, 2.45) is 0 Å². The minimum Gasteiger partial charge on any atom is -0.369 e. The third kappa shape index (κ3) is 4.03. The van der Waals surface area contributed by atoms with Crippen LogP contribution in [0.5, 0.6) is 0 Å². The van der Waals surface area contributed by atoms with Gasteiger partial charge in [0.1, 0.15) is 0 Å². The van der Waals surface area contributed by atoms with Gasteiger partial charge in [-0.2, -0.15) is 5.10 Å². The van der Waals surface area contributed by atoms with Crippen LogP contribution in [0.2, 0.25) is 0 Å². The van der Waals surface area contributed by atoms with Crippen LogP contribution in [0, 0.1) is 0 Å². The second-order valence-corrected chi connectivity index (χ2v) is 6.97. The summed E-state index contributed by atoms with van der Waals surface area (Å²) in [5, 5.41) is 7.13. The van der Waals surface area contributed by atoms with Crippen LogP contribution in [-0.2, 0) is 6.42 Å². The van der Waals surface area contributed by atoms with Crippen molar-refractivity contribution in [3.8, 4) is 5.95 Å². The summed E-state index contributed by atoms with van der Waals surface area (Å²) < 4.78 is 1.57. The van der Waals surface area contributed by atoms with Gasteiger partial charge in [-0.3, -0.25) is 4.79 Å². The molecule has 0 spiro atoms. The summed E-state index contributed by atoms with van der Waals surface area (Å²) in [5.41, 5.74) is 3.47. The molecule has 1 fully saturated rings. The monoisotopic (exact) mass is 376 g/mol. The van der Waals surface area contributed by atoms with Crippen molar-refractivity contribution in [1.29, 1.82) is 0 Å². The predicted octanol–water partition coefficient (Wildman–Crippen LogP) is 3.47. The lowest BCUT2D eigenvalue weighted by atomic mass is 10.1. The molecule has 7 heteroatoms. The molecule has 1 N–H and O–H groups in total. The van der Waals surface area contributed by atoms with E-state index < -0.39 is 0 Å². The SMILES string of the molecule is CCc1ccc(C(=O)Nc2cnn(-c3ncc(N4CCCCC4)cn3)c2)cc1. The third-order valence-corrected chi connectivity index (χ3v) is 5.02. The number of hydrogen-bond donors (Lipinski definition) is 1. The van der Waals surface area contributed by atoms with Crippen molar-refractivity contribution in [3.05, 3.63) is 60.2 Å². The van der Waals surface area contributed by atoms with Crippen LogP contribution < -0.4 is 10.2 Å². The fourth-order valence-electron chi connectivity index (χ4n) is 3.34. The lowest BCUT2D eigenvalue weighted by molar-refractivity contribution is 0.102. The maximum Gasteiger partial charge on any atom is 0.255 e. The van der Waals surface area contributed by atoms with Crippen LogP contribution >= 0.6 is 0 Å². The van der Waals surface area contributed by atoms with Crippen LogP contribution in [0.25, 0.3) is 5.95 Å². The van der Waals surface area contributed by atoms with Gasteiger partial charge < -0.3 is 10.2 Å². The van der Waals surface area contributed by atoms with Crippen molar-refractivity contribution in [2.45, 2.75) is 32.6 Å². The number of aromatic nitrogens is 4. The molecule has 0 aliphatic carbocycles. The first kappa shape index (κ1) is 18.2. The second-order valence-electron chi connectivity index (χ2n) is 6.97. The van der Waals surface area contributed by atoms with Gasteiger partial charge in [-0.05, 0) is 43.4 Å². The van der Waals surface area contributed by atoms with E-state index in [1.165, 1.54) is 24.8 Å². The smallest absolute Gasteiger partial charge is 0.255 e. The molecular weight excluding hydrogens is 352 g/mol. The Hall–Kier alpha value is -3.22. The van der Waals surface area contributed by atoms with Crippen LogP contribution in [0.4, 0.5) is 11.4 Å². The van der Waals surface area contributed by atoms with Crippen molar-refractivity contribution >= 4 is 17.3 Å². The molecule has 1 aliphatic heterocycles. The van der Waals surface area contributed by atoms with Crippen LogP contribution in [-0.4, -0.2) is 38.7 Å². The van der Waals surface area contributed by atoms with E-state index in [-0.39, 0.29) is 5.91 Å². The summed E-state index contributed by atoms with van der Waals surface area (Å²) >= 11 is 0. The normalized spacial score (nSPS) is 14.1. The molecule has 2 aromatic heterocycles. The first-order valence-electron chi connectivity index (χ1n) is 9.75. The number of hydrogen-bond acceptors (Lipinski definition) is 5. The Morgan fingerprint density at radius 2 is 1.75 bits per heavy atom. The number of carbonyl (C=O) groups excluding carboxylic acids is 1. The molecule has 1 amide bonds. The van der Waals surface area contributed by atoms with Crippen molar-refractivity contribution in [3.63, 3.8) is 0 Å². The van der Waals surface area contributed by atoms with E-state index in [1.54, 1.807) is 17.1 Å². The van der Waals surface area contributed by atoms with Crippen molar-refractivity contribution < 1.29 is 4.79 Å². The molecule has 0 saturated carbocycles. The number of amides is 1. The minimum atomic E-state index is -0.163. The molecule has 1 aliphatic rings. The average Bonchev–Trinajstić information content (AvgIpc) is 3.23. The number of nitrogens with one attached hydrogen (secondary N) is 1. The van der Waals surface area contributed by atoms with Gasteiger partial charge in [0.2, 0.25) is 0 Å². The Morgan fingerprint density at radius 3 is 2.43 bits per heavy atom. The summed E-state index contributed by atoms with van der Waals surface area (Å²) in [4.78, 5) is 23.6. The maximum atomic E-state index is 12.4. The molecule has 4 rings (SSSR count). The number of carbonyl (C=O) groups is 1. The summed E-state index contributed by atoms with van der Waals surface area (Å²) in [6.07, 6.45) is 11.7. The third-order valence-electron chi connectivity index (χ3n) is 5.02. The Morgan fingerprint density at radius 1 is 1.04 bits per heavy atom. The van der Waals surface area contributed by atoms with E-state index in [2.05, 4.69) is 32.2 Å². The topological polar surface area (TPSA) is 75.9 Å². The van der Waals surface area contributed by atoms with Crippen LogP contribution in [0.1, 0.15) is 42.1 Å². The van der Waals surface area contributed by atoms with Gasteiger partial charge in [-0.1, -0.05) is 19.1 Å². The lowest BCUT2D eigenvalue weighted by Crippen LogP contribution is -2.29. The molecular formula is C21H24N6O. The maximum absolute atomic E-state index is 12.4. The zero-order valence-corrected chi connectivity index (χ0v) is 16.0. The predicted molar refractivity (Wildman–Crippen MR) is 109 cm³/mol. The van der Waals surface area contributed by atoms with E-state index >= 15 is 0 Å². The number of nitrogens with zero attached hydrogens (tertiary/aromatic N) is 5. The molecule has 144 valence electrons. The van der Waals surface area contributed by atoms with E-state index in [9.17, 15) is 4.79 Å². The summed E-state index contributed by atoms with van der Waals surface area (Å²) in [6, 6.07) is 7.61. The van der Waals surface area contributed by atoms with Gasteiger partial charge in [0.15, 0.2) is 0 Å².